The average Bonchev–Trinajstić information content (AvgIpc) is 3.69. The number of carbonyl (C=O) groups is 2. The fourth-order valence-electron chi connectivity index (χ4n) is 3.43. The minimum Gasteiger partial charge on any atom is -0.388 e. The van der Waals surface area contributed by atoms with Crippen molar-refractivity contribution in [1.29, 1.82) is 5.26 Å². The molecule has 0 amide bonds. The predicted octanol–water partition coefficient (Wildman–Crippen LogP) is 4.19. The van der Waals surface area contributed by atoms with Crippen LogP contribution in [0.4, 0.5) is 5.69 Å². The molecule has 4 N–H and O–H groups in total. The Morgan fingerprint density at radius 3 is 2.32 bits per heavy atom. The Balaban J connectivity index is 0.000000223. The lowest BCUT2D eigenvalue weighted by Gasteiger charge is -2.11. The van der Waals surface area contributed by atoms with Crippen LogP contribution in [-0.4, -0.2) is 53.6 Å². The summed E-state index contributed by atoms with van der Waals surface area (Å²) >= 11 is 0. The lowest BCUT2D eigenvalue weighted by molar-refractivity contribution is -0.111. The van der Waals surface area contributed by atoms with Crippen molar-refractivity contribution in [2.45, 2.75) is 39.2 Å². The van der Waals surface area contributed by atoms with Crippen LogP contribution in [0.5, 0.6) is 0 Å². The highest BCUT2D eigenvalue weighted by Gasteiger charge is 2.40. The lowest BCUT2D eigenvalue weighted by Crippen LogP contribution is -2.23. The number of imidazole rings is 1. The molecule has 0 saturated heterocycles. The van der Waals surface area contributed by atoms with E-state index in [1.807, 2.05) is 74.8 Å². The molecule has 0 radical (unpaired) electrons. The van der Waals surface area contributed by atoms with Gasteiger partial charge in [-0.05, 0) is 44.5 Å². The van der Waals surface area contributed by atoms with Gasteiger partial charge in [0, 0.05) is 48.1 Å². The van der Waals surface area contributed by atoms with Crippen molar-refractivity contribution in [2.75, 3.05) is 26.0 Å². The van der Waals surface area contributed by atoms with Gasteiger partial charge in [0.25, 0.3) is 0 Å². The second-order valence-electron chi connectivity index (χ2n) is 8.57. The van der Waals surface area contributed by atoms with Crippen LogP contribution in [0.15, 0.2) is 66.7 Å². The van der Waals surface area contributed by atoms with Crippen LogP contribution in [0.1, 0.15) is 43.6 Å². The number of aromatic nitrogens is 3. The van der Waals surface area contributed by atoms with E-state index >= 15 is 0 Å². The molecule has 38 heavy (non-hydrogen) atoms. The van der Waals surface area contributed by atoms with Gasteiger partial charge in [-0.15, -0.1) is 0 Å². The molecule has 1 unspecified atom stereocenters. The number of rotatable bonds is 6. The third-order valence-corrected chi connectivity index (χ3v) is 6.15. The topological polar surface area (TPSA) is 138 Å². The van der Waals surface area contributed by atoms with Crippen LogP contribution in [0.25, 0.3) is 16.9 Å². The van der Waals surface area contributed by atoms with Gasteiger partial charge in [-0.1, -0.05) is 38.1 Å². The number of hydrogen-bond acceptors (Lipinski definition) is 8. The molecule has 2 aromatic heterocycles. The molecule has 0 aliphatic heterocycles. The van der Waals surface area contributed by atoms with Gasteiger partial charge in [0.15, 0.2) is 11.9 Å². The Morgan fingerprint density at radius 1 is 1.16 bits per heavy atom. The SMILES string of the molecule is CC.CNC1C=CC(C#N)=CC1.CNc1ccc(-c2cnc3cnc(C=O)cn23)cc1.NCC1(C=O)CC1. The zero-order chi connectivity index (χ0) is 28.0. The van der Waals surface area contributed by atoms with E-state index in [1.165, 1.54) is 0 Å². The summed E-state index contributed by atoms with van der Waals surface area (Å²) in [5, 5.41) is 14.6. The number of allylic oxidation sites excluding steroid dienone is 2. The van der Waals surface area contributed by atoms with E-state index in [2.05, 4.69) is 26.7 Å². The van der Waals surface area contributed by atoms with Crippen LogP contribution in [-0.2, 0) is 4.79 Å². The molecule has 3 aromatic rings. The van der Waals surface area contributed by atoms with Crippen molar-refractivity contribution >= 4 is 23.9 Å². The number of nitrogens with zero attached hydrogens (tertiary/aromatic N) is 4. The Bertz CT molecular complexity index is 1280. The van der Waals surface area contributed by atoms with Gasteiger partial charge in [-0.2, -0.15) is 5.26 Å². The molecule has 2 aliphatic rings. The molecule has 5 rings (SSSR count). The first-order valence-corrected chi connectivity index (χ1v) is 12.7. The third kappa shape index (κ3) is 8.20. The average molecular weight is 516 g/mol. The molecule has 1 saturated carbocycles. The minimum atomic E-state index is -0.0694. The van der Waals surface area contributed by atoms with E-state index in [0.29, 0.717) is 18.3 Å². The molecule has 9 heteroatoms. The van der Waals surface area contributed by atoms with Gasteiger partial charge in [0.05, 0.1) is 24.2 Å². The maximum Gasteiger partial charge on any atom is 0.169 e. The summed E-state index contributed by atoms with van der Waals surface area (Å²) in [5.74, 6) is 0. The molecule has 1 aromatic carbocycles. The van der Waals surface area contributed by atoms with Crippen molar-refractivity contribution in [1.82, 2.24) is 19.7 Å². The molecule has 1 atom stereocenters. The highest BCUT2D eigenvalue weighted by molar-refractivity contribution is 5.73. The number of carbonyl (C=O) groups excluding carboxylic acids is 2. The Hall–Kier alpha value is -4.13. The highest BCUT2D eigenvalue weighted by Crippen LogP contribution is 2.41. The maximum atomic E-state index is 10.8. The fraction of sp³-hybridized carbons (Fsp3) is 0.345. The van der Waals surface area contributed by atoms with E-state index in [9.17, 15) is 9.59 Å². The zero-order valence-corrected chi connectivity index (χ0v) is 22.5. The lowest BCUT2D eigenvalue weighted by atomic mass is 10.0. The number of benzene rings is 1. The van der Waals surface area contributed by atoms with E-state index in [4.69, 9.17) is 11.0 Å². The summed E-state index contributed by atoms with van der Waals surface area (Å²) in [6.45, 7) is 4.54. The third-order valence-electron chi connectivity index (χ3n) is 6.15. The molecular formula is C29H37N7O2. The Labute approximate surface area is 224 Å². The number of nitrogens with one attached hydrogen (secondary N) is 2. The standard InChI is InChI=1S/C14H12N4O.C8H10N2.C5H9NO.C2H6/c1-15-11-4-2-10(3-5-11)13-6-17-14-7-16-12(9-19)8-18(13)14;1-10-8-4-2-7(6-9)3-5-8;6-3-5(4-7)1-2-5;1-2/h2-9,15H,1H3;2-4,8,10H,5H2,1H3;4H,1-3,6H2;1-2H3. The number of anilines is 1. The molecule has 0 spiro atoms. The number of aldehydes is 2. The van der Waals surface area contributed by atoms with E-state index < -0.39 is 0 Å². The van der Waals surface area contributed by atoms with Crippen molar-refractivity contribution in [2.24, 2.45) is 11.1 Å². The zero-order valence-electron chi connectivity index (χ0n) is 22.5. The number of hydrogen-bond donors (Lipinski definition) is 3. The smallest absolute Gasteiger partial charge is 0.169 e. The predicted molar refractivity (Wildman–Crippen MR) is 152 cm³/mol. The summed E-state index contributed by atoms with van der Waals surface area (Å²) in [6.07, 6.45) is 15.5. The van der Waals surface area contributed by atoms with Crippen LogP contribution >= 0.6 is 0 Å². The summed E-state index contributed by atoms with van der Waals surface area (Å²) in [6, 6.07) is 10.5. The number of nitriles is 1. The number of nitrogens with two attached hydrogens (primary N) is 1. The Kier molecular flexibility index (Phi) is 12.0. The summed E-state index contributed by atoms with van der Waals surface area (Å²) in [7, 11) is 3.80. The summed E-state index contributed by atoms with van der Waals surface area (Å²) in [5.41, 5.74) is 10.1. The van der Waals surface area contributed by atoms with Crippen molar-refractivity contribution in [3.63, 3.8) is 0 Å². The van der Waals surface area contributed by atoms with Crippen LogP contribution in [0, 0.1) is 16.7 Å². The Morgan fingerprint density at radius 2 is 1.87 bits per heavy atom. The van der Waals surface area contributed by atoms with Gasteiger partial charge in [0.1, 0.15) is 12.0 Å². The van der Waals surface area contributed by atoms with Gasteiger partial charge in [-0.25, -0.2) is 9.97 Å². The quantitative estimate of drug-likeness (QED) is 0.416. The van der Waals surface area contributed by atoms with Crippen LogP contribution in [0.2, 0.25) is 0 Å². The van der Waals surface area contributed by atoms with E-state index in [0.717, 1.165) is 60.0 Å². The largest absolute Gasteiger partial charge is 0.388 e. The van der Waals surface area contributed by atoms with Crippen molar-refractivity contribution in [3.8, 4) is 17.3 Å². The normalized spacial score (nSPS) is 16.1. The molecular weight excluding hydrogens is 478 g/mol. The number of fused-ring (bicyclic) bond motifs is 1. The second kappa shape index (κ2) is 15.2. The first-order valence-electron chi connectivity index (χ1n) is 12.7. The molecule has 9 nitrogen and oxygen atoms in total. The first kappa shape index (κ1) is 30.1. The number of likely N-dealkylation sites (N-methyl/N-ethyl adjacent to an activating group) is 1. The van der Waals surface area contributed by atoms with E-state index in [1.54, 1.807) is 18.6 Å². The van der Waals surface area contributed by atoms with Crippen molar-refractivity contribution in [3.05, 3.63) is 72.4 Å². The van der Waals surface area contributed by atoms with Crippen molar-refractivity contribution < 1.29 is 9.59 Å². The molecule has 200 valence electrons. The van der Waals surface area contributed by atoms with Gasteiger partial charge < -0.3 is 21.2 Å². The molecule has 0 bridgehead atoms. The first-order chi connectivity index (χ1) is 18.5. The molecule has 2 aliphatic carbocycles. The summed E-state index contributed by atoms with van der Waals surface area (Å²) < 4.78 is 1.87. The van der Waals surface area contributed by atoms with Gasteiger partial charge >= 0.3 is 0 Å². The molecule has 2 heterocycles. The highest BCUT2D eigenvalue weighted by atomic mass is 16.1. The maximum absolute atomic E-state index is 10.8. The molecule has 1 fully saturated rings. The monoisotopic (exact) mass is 515 g/mol. The second-order valence-corrected chi connectivity index (χ2v) is 8.57. The van der Waals surface area contributed by atoms with Crippen LogP contribution in [0.3, 0.4) is 0 Å². The van der Waals surface area contributed by atoms with Gasteiger partial charge in [-0.3, -0.25) is 9.20 Å². The van der Waals surface area contributed by atoms with Gasteiger partial charge in [0.2, 0.25) is 0 Å². The van der Waals surface area contributed by atoms with Crippen LogP contribution < -0.4 is 16.4 Å². The fourth-order valence-corrected chi connectivity index (χ4v) is 3.43. The van der Waals surface area contributed by atoms with E-state index in [-0.39, 0.29) is 5.41 Å². The summed E-state index contributed by atoms with van der Waals surface area (Å²) in [4.78, 5) is 29.1. The minimum absolute atomic E-state index is 0.0694.